The Morgan fingerprint density at radius 3 is 2.93 bits per heavy atom. The Morgan fingerprint density at radius 1 is 1.23 bits per heavy atom. The molecule has 3 aliphatic heterocycles. The van der Waals surface area contributed by atoms with Gasteiger partial charge in [-0.1, -0.05) is 18.2 Å². The van der Waals surface area contributed by atoms with Crippen molar-refractivity contribution in [3.05, 3.63) is 52.1 Å². The zero-order valence-corrected chi connectivity index (χ0v) is 18.5. The number of fused-ring (bicyclic) bond motifs is 4. The van der Waals surface area contributed by atoms with Gasteiger partial charge in [-0.2, -0.15) is 0 Å². The third-order valence-electron chi connectivity index (χ3n) is 7.77. The number of amides is 1. The highest BCUT2D eigenvalue weighted by molar-refractivity contribution is 7.09. The van der Waals surface area contributed by atoms with Gasteiger partial charge in [-0.25, -0.2) is 4.98 Å². The minimum atomic E-state index is -0.168. The summed E-state index contributed by atoms with van der Waals surface area (Å²) in [6.07, 6.45) is 6.71. The third kappa shape index (κ3) is 2.63. The number of nitrogens with zero attached hydrogens (tertiary/aromatic N) is 4. The Balaban J connectivity index is 1.25. The van der Waals surface area contributed by atoms with E-state index in [1.54, 1.807) is 11.3 Å². The smallest absolute Gasteiger partial charge is 0.230 e. The van der Waals surface area contributed by atoms with Crippen LogP contribution in [0.2, 0.25) is 0 Å². The molecule has 0 N–H and O–H groups in total. The van der Waals surface area contributed by atoms with Crippen molar-refractivity contribution < 1.29 is 4.79 Å². The van der Waals surface area contributed by atoms with Gasteiger partial charge in [0.15, 0.2) is 0 Å². The molecule has 1 amide bonds. The van der Waals surface area contributed by atoms with Crippen LogP contribution >= 0.6 is 11.3 Å². The van der Waals surface area contributed by atoms with Gasteiger partial charge in [0.2, 0.25) is 5.91 Å². The van der Waals surface area contributed by atoms with E-state index in [4.69, 9.17) is 0 Å². The standard InChI is InChI=1S/C24H28N4OS/c1-16-25-18(15-30-16)14-27-10-9-24(23(27)29)11-19-7-8-22(24)28(19)13-17-12-26(2)21-6-4-3-5-20(17)21/h3-6,12,15,19,22H,7-11,13-14H2,1-2H3/t19-,22-,24-/m1/s1. The van der Waals surface area contributed by atoms with Crippen molar-refractivity contribution in [3.8, 4) is 0 Å². The normalized spacial score (nSPS) is 28.6. The second-order valence-electron chi connectivity index (χ2n) is 9.40. The molecule has 1 spiro atoms. The van der Waals surface area contributed by atoms with E-state index >= 15 is 0 Å². The lowest BCUT2D eigenvalue weighted by atomic mass is 9.72. The maximum Gasteiger partial charge on any atom is 0.230 e. The van der Waals surface area contributed by atoms with Crippen LogP contribution in [0.15, 0.2) is 35.8 Å². The summed E-state index contributed by atoms with van der Waals surface area (Å²) in [6, 6.07) is 9.59. The van der Waals surface area contributed by atoms with Gasteiger partial charge in [0, 0.05) is 54.7 Å². The molecular weight excluding hydrogens is 392 g/mol. The van der Waals surface area contributed by atoms with Crippen LogP contribution in [0.1, 0.15) is 41.9 Å². The number of hydrogen-bond donors (Lipinski definition) is 0. The largest absolute Gasteiger partial charge is 0.350 e. The number of carbonyl (C=O) groups is 1. The van der Waals surface area contributed by atoms with E-state index in [0.29, 0.717) is 24.5 Å². The second kappa shape index (κ2) is 6.66. The lowest BCUT2D eigenvalue weighted by Gasteiger charge is -2.32. The van der Waals surface area contributed by atoms with Crippen LogP contribution in [0.5, 0.6) is 0 Å². The zero-order valence-electron chi connectivity index (χ0n) is 17.7. The highest BCUT2D eigenvalue weighted by Gasteiger charge is 2.62. The predicted octanol–water partition coefficient (Wildman–Crippen LogP) is 4.10. The monoisotopic (exact) mass is 420 g/mol. The highest BCUT2D eigenvalue weighted by atomic mass is 32.1. The van der Waals surface area contributed by atoms with Crippen LogP contribution in [0, 0.1) is 12.3 Å². The van der Waals surface area contributed by atoms with Gasteiger partial charge in [-0.3, -0.25) is 9.69 Å². The fourth-order valence-electron chi connectivity index (χ4n) is 6.48. The molecule has 0 aliphatic carbocycles. The lowest BCUT2D eigenvalue weighted by molar-refractivity contribution is -0.138. The van der Waals surface area contributed by atoms with Crippen LogP contribution in [-0.4, -0.2) is 43.9 Å². The van der Waals surface area contributed by atoms with Crippen molar-refractivity contribution in [2.75, 3.05) is 6.54 Å². The Kier molecular flexibility index (Phi) is 4.12. The number of rotatable bonds is 4. The molecule has 2 aromatic heterocycles. The van der Waals surface area contributed by atoms with Gasteiger partial charge in [0.1, 0.15) is 0 Å². The minimum absolute atomic E-state index is 0.168. The molecule has 2 bridgehead atoms. The molecule has 3 atom stereocenters. The Labute approximate surface area is 181 Å². The minimum Gasteiger partial charge on any atom is -0.350 e. The predicted molar refractivity (Wildman–Crippen MR) is 119 cm³/mol. The van der Waals surface area contributed by atoms with Crippen molar-refractivity contribution in [1.29, 1.82) is 0 Å². The summed E-state index contributed by atoms with van der Waals surface area (Å²) in [5.41, 5.74) is 3.55. The van der Waals surface area contributed by atoms with Gasteiger partial charge in [-0.05, 0) is 44.2 Å². The molecule has 0 unspecified atom stereocenters. The summed E-state index contributed by atoms with van der Waals surface area (Å²) in [7, 11) is 2.13. The first-order valence-electron chi connectivity index (χ1n) is 11.0. The van der Waals surface area contributed by atoms with E-state index in [2.05, 4.69) is 62.2 Å². The number of likely N-dealkylation sites (tertiary alicyclic amines) is 1. The summed E-state index contributed by atoms with van der Waals surface area (Å²) in [5, 5.41) is 4.52. The SMILES string of the molecule is Cc1nc(CN2CC[C@]3(C[C@H]4CC[C@H]3N4Cc3cn(C)c4ccccc34)C2=O)cs1. The van der Waals surface area contributed by atoms with E-state index in [1.807, 2.05) is 6.92 Å². The summed E-state index contributed by atoms with van der Waals surface area (Å²) in [4.78, 5) is 22.9. The number of aryl methyl sites for hydroxylation is 2. The highest BCUT2D eigenvalue weighted by Crippen LogP contribution is 2.55. The quantitative estimate of drug-likeness (QED) is 0.638. The zero-order chi connectivity index (χ0) is 20.5. The summed E-state index contributed by atoms with van der Waals surface area (Å²) in [6.45, 7) is 4.53. The van der Waals surface area contributed by atoms with Crippen LogP contribution < -0.4 is 0 Å². The summed E-state index contributed by atoms with van der Waals surface area (Å²) in [5.74, 6) is 0.378. The number of thiazole rings is 1. The molecule has 3 aliphatic rings. The number of benzene rings is 1. The molecule has 0 radical (unpaired) electrons. The molecule has 1 aromatic carbocycles. The average Bonchev–Trinajstić information content (AvgIpc) is 3.53. The van der Waals surface area contributed by atoms with Crippen molar-refractivity contribution in [2.24, 2.45) is 12.5 Å². The molecule has 3 fully saturated rings. The Hall–Kier alpha value is -2.18. The van der Waals surface area contributed by atoms with Crippen LogP contribution in [-0.2, 0) is 24.9 Å². The number of aromatic nitrogens is 2. The van der Waals surface area contributed by atoms with E-state index in [9.17, 15) is 4.79 Å². The van der Waals surface area contributed by atoms with Gasteiger partial charge in [-0.15, -0.1) is 11.3 Å². The van der Waals surface area contributed by atoms with Crippen LogP contribution in [0.4, 0.5) is 0 Å². The molecule has 30 heavy (non-hydrogen) atoms. The number of carbonyl (C=O) groups excluding carboxylic acids is 1. The van der Waals surface area contributed by atoms with Crippen LogP contribution in [0.25, 0.3) is 10.9 Å². The molecule has 3 saturated heterocycles. The van der Waals surface area contributed by atoms with Gasteiger partial charge >= 0.3 is 0 Å². The molecule has 0 saturated carbocycles. The number of para-hydroxylation sites is 1. The first-order valence-corrected chi connectivity index (χ1v) is 11.9. The Morgan fingerprint density at radius 2 is 2.10 bits per heavy atom. The molecule has 6 heteroatoms. The maximum absolute atomic E-state index is 13.6. The summed E-state index contributed by atoms with van der Waals surface area (Å²) >= 11 is 1.67. The first kappa shape index (κ1) is 18.6. The lowest BCUT2D eigenvalue weighted by Crippen LogP contribution is -2.43. The van der Waals surface area contributed by atoms with Crippen molar-refractivity contribution in [1.82, 2.24) is 19.4 Å². The summed E-state index contributed by atoms with van der Waals surface area (Å²) < 4.78 is 2.23. The molecular formula is C24H28N4OS. The molecule has 156 valence electrons. The molecule has 5 nitrogen and oxygen atoms in total. The topological polar surface area (TPSA) is 41.4 Å². The molecule has 5 heterocycles. The third-order valence-corrected chi connectivity index (χ3v) is 8.60. The average molecular weight is 421 g/mol. The fraction of sp³-hybridized carbons (Fsp3) is 0.500. The maximum atomic E-state index is 13.6. The van der Waals surface area contributed by atoms with E-state index in [1.165, 1.54) is 22.9 Å². The van der Waals surface area contributed by atoms with Crippen molar-refractivity contribution in [2.45, 2.75) is 57.8 Å². The van der Waals surface area contributed by atoms with Gasteiger partial charge < -0.3 is 9.47 Å². The number of hydrogen-bond acceptors (Lipinski definition) is 4. The Bertz CT molecular complexity index is 1130. The molecule has 6 rings (SSSR count). The second-order valence-corrected chi connectivity index (χ2v) is 10.5. The van der Waals surface area contributed by atoms with E-state index in [0.717, 1.165) is 43.1 Å². The van der Waals surface area contributed by atoms with E-state index in [-0.39, 0.29) is 5.41 Å². The van der Waals surface area contributed by atoms with Gasteiger partial charge in [0.25, 0.3) is 0 Å². The van der Waals surface area contributed by atoms with E-state index < -0.39 is 0 Å². The van der Waals surface area contributed by atoms with Crippen molar-refractivity contribution >= 4 is 28.1 Å². The molecule has 3 aromatic rings. The van der Waals surface area contributed by atoms with Crippen LogP contribution in [0.3, 0.4) is 0 Å². The van der Waals surface area contributed by atoms with Crippen molar-refractivity contribution in [3.63, 3.8) is 0 Å². The first-order chi connectivity index (χ1) is 14.5. The fourth-order valence-corrected chi connectivity index (χ4v) is 7.08. The van der Waals surface area contributed by atoms with Gasteiger partial charge in [0.05, 0.1) is 22.7 Å².